The fourth-order valence-corrected chi connectivity index (χ4v) is 2.08. The molecule has 19 heavy (non-hydrogen) atoms. The Kier molecular flexibility index (Phi) is 4.71. The van der Waals surface area contributed by atoms with E-state index in [0.717, 1.165) is 6.26 Å². The van der Waals surface area contributed by atoms with Crippen LogP contribution in [0.2, 0.25) is 0 Å². The summed E-state index contributed by atoms with van der Waals surface area (Å²) in [6, 6.07) is 0.299. The van der Waals surface area contributed by atoms with Crippen LogP contribution in [0.3, 0.4) is 0 Å². The third kappa shape index (κ3) is 4.74. The number of hydrogen-bond donors (Lipinski definition) is 2. The van der Waals surface area contributed by atoms with Gasteiger partial charge in [0.05, 0.1) is 12.0 Å². The first-order valence-corrected chi connectivity index (χ1v) is 7.52. The predicted octanol–water partition coefficient (Wildman–Crippen LogP) is 0.206. The summed E-state index contributed by atoms with van der Waals surface area (Å²) in [6.07, 6.45) is 2.13. The lowest BCUT2D eigenvalue weighted by Gasteiger charge is -2.13. The van der Waals surface area contributed by atoms with Gasteiger partial charge in [-0.3, -0.25) is 4.79 Å². The summed E-state index contributed by atoms with van der Waals surface area (Å²) < 4.78 is 26.9. The highest BCUT2D eigenvalue weighted by Gasteiger charge is 2.24. The zero-order valence-corrected chi connectivity index (χ0v) is 11.4. The van der Waals surface area contributed by atoms with E-state index < -0.39 is 27.8 Å². The monoisotopic (exact) mass is 289 g/mol. The standard InChI is InChI=1S/C11H15NO6S/c1-7-3-5-18-9(7)10(13)12-8(11(14)15)4-6-19(2,16)17/h3,5,8H,4,6H2,1-2H3,(H,12,13)(H,14,15). The number of nitrogens with one attached hydrogen (secondary N) is 1. The molecule has 0 fully saturated rings. The number of aliphatic carboxylic acids is 1. The number of carbonyl (C=O) groups is 2. The summed E-state index contributed by atoms with van der Waals surface area (Å²) in [5.74, 6) is -2.27. The first-order chi connectivity index (χ1) is 8.70. The molecule has 0 aliphatic heterocycles. The van der Waals surface area contributed by atoms with Crippen LogP contribution in [0.4, 0.5) is 0 Å². The van der Waals surface area contributed by atoms with Gasteiger partial charge in [0.1, 0.15) is 15.9 Å². The largest absolute Gasteiger partial charge is 0.480 e. The Balaban J connectivity index is 2.72. The molecular weight excluding hydrogens is 274 g/mol. The van der Waals surface area contributed by atoms with Crippen LogP contribution < -0.4 is 5.32 Å². The molecule has 106 valence electrons. The molecule has 0 spiro atoms. The third-order valence-corrected chi connectivity index (χ3v) is 3.43. The Morgan fingerprint density at radius 2 is 2.11 bits per heavy atom. The molecule has 2 N–H and O–H groups in total. The van der Waals surface area contributed by atoms with Crippen molar-refractivity contribution in [3.63, 3.8) is 0 Å². The van der Waals surface area contributed by atoms with Crippen LogP contribution in [-0.2, 0) is 14.6 Å². The van der Waals surface area contributed by atoms with E-state index in [1.165, 1.54) is 6.26 Å². The molecule has 0 radical (unpaired) electrons. The highest BCUT2D eigenvalue weighted by Crippen LogP contribution is 2.09. The maximum absolute atomic E-state index is 11.7. The van der Waals surface area contributed by atoms with Gasteiger partial charge >= 0.3 is 5.97 Å². The molecule has 0 saturated carbocycles. The van der Waals surface area contributed by atoms with Crippen LogP contribution in [-0.4, -0.2) is 43.5 Å². The molecular formula is C11H15NO6S. The molecule has 1 aromatic rings. The van der Waals surface area contributed by atoms with Gasteiger partial charge in [-0.1, -0.05) is 0 Å². The molecule has 1 rings (SSSR count). The lowest BCUT2D eigenvalue weighted by Crippen LogP contribution is -2.42. The third-order valence-electron chi connectivity index (χ3n) is 2.45. The number of carbonyl (C=O) groups excluding carboxylic acids is 1. The minimum Gasteiger partial charge on any atom is -0.480 e. The molecule has 0 saturated heterocycles. The summed E-state index contributed by atoms with van der Waals surface area (Å²) in [5, 5.41) is 11.2. The number of hydrogen-bond acceptors (Lipinski definition) is 5. The van der Waals surface area contributed by atoms with Gasteiger partial charge in [0, 0.05) is 11.8 Å². The van der Waals surface area contributed by atoms with Crippen molar-refractivity contribution < 1.29 is 27.5 Å². The predicted molar refractivity (Wildman–Crippen MR) is 66.7 cm³/mol. The van der Waals surface area contributed by atoms with Crippen LogP contribution in [0.25, 0.3) is 0 Å². The first-order valence-electron chi connectivity index (χ1n) is 5.46. The Labute approximate surface area is 110 Å². The second kappa shape index (κ2) is 5.87. The quantitative estimate of drug-likeness (QED) is 0.773. The average molecular weight is 289 g/mol. The van der Waals surface area contributed by atoms with Crippen LogP contribution >= 0.6 is 0 Å². The van der Waals surface area contributed by atoms with Gasteiger partial charge in [-0.15, -0.1) is 0 Å². The van der Waals surface area contributed by atoms with Gasteiger partial charge < -0.3 is 14.8 Å². The van der Waals surface area contributed by atoms with E-state index in [1.807, 2.05) is 0 Å². The number of sulfone groups is 1. The number of amides is 1. The lowest BCUT2D eigenvalue weighted by molar-refractivity contribution is -0.139. The lowest BCUT2D eigenvalue weighted by atomic mass is 10.2. The van der Waals surface area contributed by atoms with Crippen molar-refractivity contribution in [1.29, 1.82) is 0 Å². The fraction of sp³-hybridized carbons (Fsp3) is 0.455. The zero-order valence-electron chi connectivity index (χ0n) is 10.5. The molecule has 7 nitrogen and oxygen atoms in total. The van der Waals surface area contributed by atoms with E-state index in [1.54, 1.807) is 13.0 Å². The number of aryl methyl sites for hydroxylation is 1. The molecule has 1 heterocycles. The molecule has 0 aliphatic rings. The van der Waals surface area contributed by atoms with Crippen molar-refractivity contribution in [1.82, 2.24) is 5.32 Å². The Morgan fingerprint density at radius 3 is 2.53 bits per heavy atom. The Morgan fingerprint density at radius 1 is 1.47 bits per heavy atom. The molecule has 0 aromatic carbocycles. The van der Waals surface area contributed by atoms with E-state index in [9.17, 15) is 18.0 Å². The summed E-state index contributed by atoms with van der Waals surface area (Å²) >= 11 is 0. The Hall–Kier alpha value is -1.83. The molecule has 8 heteroatoms. The van der Waals surface area contributed by atoms with Crippen LogP contribution in [0.15, 0.2) is 16.7 Å². The molecule has 1 unspecified atom stereocenters. The number of rotatable bonds is 6. The Bertz CT molecular complexity index is 574. The second-order valence-electron chi connectivity index (χ2n) is 4.22. The minimum absolute atomic E-state index is 0.0191. The summed E-state index contributed by atoms with van der Waals surface area (Å²) in [6.45, 7) is 1.64. The van der Waals surface area contributed by atoms with Gasteiger partial charge in [0.2, 0.25) is 0 Å². The SMILES string of the molecule is Cc1ccoc1C(=O)NC(CCS(C)(=O)=O)C(=O)O. The summed E-state index contributed by atoms with van der Waals surface area (Å²) in [5.41, 5.74) is 0.574. The van der Waals surface area contributed by atoms with Crippen LogP contribution in [0.5, 0.6) is 0 Å². The van der Waals surface area contributed by atoms with Crippen LogP contribution in [0, 0.1) is 6.92 Å². The summed E-state index contributed by atoms with van der Waals surface area (Å²) in [4.78, 5) is 22.7. The average Bonchev–Trinajstić information content (AvgIpc) is 2.68. The van der Waals surface area contributed by atoms with E-state index >= 15 is 0 Å². The van der Waals surface area contributed by atoms with Crippen molar-refractivity contribution in [3.05, 3.63) is 23.7 Å². The zero-order chi connectivity index (χ0) is 14.6. The highest BCUT2D eigenvalue weighted by molar-refractivity contribution is 7.90. The first kappa shape index (κ1) is 15.2. The van der Waals surface area contributed by atoms with E-state index in [2.05, 4.69) is 5.32 Å². The van der Waals surface area contributed by atoms with E-state index in [4.69, 9.17) is 9.52 Å². The molecule has 0 aliphatic carbocycles. The molecule has 1 amide bonds. The maximum atomic E-state index is 11.7. The smallest absolute Gasteiger partial charge is 0.326 e. The molecule has 0 bridgehead atoms. The van der Waals surface area contributed by atoms with Gasteiger partial charge in [0.25, 0.3) is 5.91 Å². The summed E-state index contributed by atoms with van der Waals surface area (Å²) in [7, 11) is -3.29. The highest BCUT2D eigenvalue weighted by atomic mass is 32.2. The minimum atomic E-state index is -3.29. The van der Waals surface area contributed by atoms with Crippen molar-refractivity contribution in [3.8, 4) is 0 Å². The topological polar surface area (TPSA) is 114 Å². The van der Waals surface area contributed by atoms with E-state index in [-0.39, 0.29) is 17.9 Å². The van der Waals surface area contributed by atoms with Crippen molar-refractivity contribution in [2.24, 2.45) is 0 Å². The van der Waals surface area contributed by atoms with Crippen LogP contribution in [0.1, 0.15) is 22.5 Å². The van der Waals surface area contributed by atoms with Crippen molar-refractivity contribution in [2.45, 2.75) is 19.4 Å². The van der Waals surface area contributed by atoms with E-state index in [0.29, 0.717) is 5.56 Å². The molecule has 1 aromatic heterocycles. The number of carboxylic acids is 1. The second-order valence-corrected chi connectivity index (χ2v) is 6.48. The van der Waals surface area contributed by atoms with Gasteiger partial charge in [-0.25, -0.2) is 13.2 Å². The normalized spacial score (nSPS) is 12.9. The number of furan rings is 1. The number of carboxylic acid groups (broad SMARTS) is 1. The van der Waals surface area contributed by atoms with Crippen molar-refractivity contribution in [2.75, 3.05) is 12.0 Å². The fourth-order valence-electron chi connectivity index (χ4n) is 1.42. The van der Waals surface area contributed by atoms with Gasteiger partial charge in [0.15, 0.2) is 5.76 Å². The van der Waals surface area contributed by atoms with Gasteiger partial charge in [-0.2, -0.15) is 0 Å². The van der Waals surface area contributed by atoms with Gasteiger partial charge in [-0.05, 0) is 19.4 Å². The van der Waals surface area contributed by atoms with Crippen molar-refractivity contribution >= 4 is 21.7 Å². The maximum Gasteiger partial charge on any atom is 0.326 e. The molecule has 1 atom stereocenters.